The van der Waals surface area contributed by atoms with Gasteiger partial charge in [-0.15, -0.1) is 11.3 Å². The monoisotopic (exact) mass is 291 g/mol. The van der Waals surface area contributed by atoms with Gasteiger partial charge in [0.25, 0.3) is 0 Å². The highest BCUT2D eigenvalue weighted by atomic mass is 32.1. The lowest BCUT2D eigenvalue weighted by atomic mass is 10.0. The Morgan fingerprint density at radius 1 is 1.45 bits per heavy atom. The summed E-state index contributed by atoms with van der Waals surface area (Å²) in [6.45, 7) is 1.93. The Balaban J connectivity index is 1.86. The third-order valence-electron chi connectivity index (χ3n) is 3.28. The summed E-state index contributed by atoms with van der Waals surface area (Å²) >= 11 is 1.52. The van der Waals surface area contributed by atoms with Crippen molar-refractivity contribution in [2.24, 2.45) is 0 Å². The summed E-state index contributed by atoms with van der Waals surface area (Å²) < 4.78 is 14.1. The number of hydrogen-bond acceptors (Lipinski definition) is 4. The summed E-state index contributed by atoms with van der Waals surface area (Å²) in [5.41, 5.74) is 1.92. The van der Waals surface area contributed by atoms with Crippen LogP contribution in [0.2, 0.25) is 0 Å². The number of carbonyl (C=O) groups is 1. The largest absolute Gasteiger partial charge is 0.374 e. The molecular weight excluding hydrogens is 277 g/mol. The van der Waals surface area contributed by atoms with Gasteiger partial charge in [0.05, 0.1) is 11.7 Å². The molecule has 6 heteroatoms. The Morgan fingerprint density at radius 3 is 3.05 bits per heavy atom. The highest BCUT2D eigenvalue weighted by molar-refractivity contribution is 7.09. The van der Waals surface area contributed by atoms with E-state index in [4.69, 9.17) is 0 Å². The molecule has 20 heavy (non-hydrogen) atoms. The number of thiazole rings is 1. The molecule has 2 aromatic rings. The van der Waals surface area contributed by atoms with E-state index in [-0.39, 0.29) is 17.8 Å². The topological polar surface area (TPSA) is 54.0 Å². The van der Waals surface area contributed by atoms with Crippen molar-refractivity contribution in [1.82, 2.24) is 4.98 Å². The molecule has 104 valence electrons. The normalized spacial score (nSPS) is 15.4. The highest BCUT2D eigenvalue weighted by Gasteiger charge is 2.18. The number of benzene rings is 1. The third kappa shape index (κ3) is 2.51. The van der Waals surface area contributed by atoms with Crippen molar-refractivity contribution in [1.29, 1.82) is 0 Å². The van der Waals surface area contributed by atoms with Crippen LogP contribution < -0.4 is 10.6 Å². The summed E-state index contributed by atoms with van der Waals surface area (Å²) in [6, 6.07) is 3.07. The van der Waals surface area contributed by atoms with Gasteiger partial charge in [0, 0.05) is 23.7 Å². The number of carbonyl (C=O) groups excluding carboxylic acids is 1. The highest BCUT2D eigenvalue weighted by Crippen LogP contribution is 2.30. The van der Waals surface area contributed by atoms with Crippen molar-refractivity contribution < 1.29 is 9.18 Å². The van der Waals surface area contributed by atoms with E-state index in [1.807, 2.05) is 12.3 Å². The van der Waals surface area contributed by atoms with Gasteiger partial charge in [-0.05, 0) is 31.0 Å². The second kappa shape index (κ2) is 5.20. The van der Waals surface area contributed by atoms with Crippen LogP contribution in [-0.2, 0) is 11.2 Å². The van der Waals surface area contributed by atoms with Crippen LogP contribution in [0.3, 0.4) is 0 Å². The number of hydrogen-bond donors (Lipinski definition) is 2. The molecule has 1 aliphatic rings. The maximum Gasteiger partial charge on any atom is 0.224 e. The molecule has 0 spiro atoms. The molecule has 2 heterocycles. The van der Waals surface area contributed by atoms with Gasteiger partial charge in [0.1, 0.15) is 10.8 Å². The predicted octanol–water partition coefficient (Wildman–Crippen LogP) is 3.34. The lowest BCUT2D eigenvalue weighted by Crippen LogP contribution is -2.19. The SMILES string of the molecule is CC(Nc1cc2c(cc1F)CCC(=O)N2)c1nccs1. The van der Waals surface area contributed by atoms with Crippen molar-refractivity contribution >= 4 is 28.6 Å². The fraction of sp³-hybridized carbons (Fsp3) is 0.286. The Bertz CT molecular complexity index is 642. The minimum atomic E-state index is -0.302. The van der Waals surface area contributed by atoms with E-state index in [1.54, 1.807) is 12.3 Å². The number of fused-ring (bicyclic) bond motifs is 1. The van der Waals surface area contributed by atoms with Crippen LogP contribution in [0.4, 0.5) is 15.8 Å². The maximum absolute atomic E-state index is 14.1. The number of aromatic nitrogens is 1. The molecule has 0 fully saturated rings. The lowest BCUT2D eigenvalue weighted by Gasteiger charge is -2.20. The third-order valence-corrected chi connectivity index (χ3v) is 4.24. The van der Waals surface area contributed by atoms with Gasteiger partial charge in [0.15, 0.2) is 0 Å². The summed E-state index contributed by atoms with van der Waals surface area (Å²) in [6.07, 6.45) is 2.72. The molecular formula is C14H14FN3OS. The zero-order chi connectivity index (χ0) is 14.1. The number of nitrogens with zero attached hydrogens (tertiary/aromatic N) is 1. The fourth-order valence-electron chi connectivity index (χ4n) is 2.25. The molecule has 0 saturated carbocycles. The molecule has 4 nitrogen and oxygen atoms in total. The number of anilines is 2. The summed E-state index contributed by atoms with van der Waals surface area (Å²) in [5, 5.41) is 8.66. The van der Waals surface area contributed by atoms with Crippen LogP contribution in [-0.4, -0.2) is 10.9 Å². The molecule has 0 radical (unpaired) electrons. The second-order valence-corrected chi connectivity index (χ2v) is 5.70. The van der Waals surface area contributed by atoms with Crippen LogP contribution >= 0.6 is 11.3 Å². The molecule has 1 aromatic carbocycles. The van der Waals surface area contributed by atoms with E-state index in [1.165, 1.54) is 17.4 Å². The molecule has 1 atom stereocenters. The first-order valence-electron chi connectivity index (χ1n) is 6.41. The smallest absolute Gasteiger partial charge is 0.224 e. The molecule has 2 N–H and O–H groups in total. The van der Waals surface area contributed by atoms with Gasteiger partial charge in [0.2, 0.25) is 5.91 Å². The van der Waals surface area contributed by atoms with E-state index < -0.39 is 0 Å². The standard InChI is InChI=1S/C14H14FN3OS/c1-8(14-16-4-5-20-14)17-12-7-11-9(6-10(12)15)2-3-13(19)18-11/h4-8,17H,2-3H2,1H3,(H,18,19). The first-order valence-corrected chi connectivity index (χ1v) is 7.29. The fourth-order valence-corrected chi connectivity index (χ4v) is 2.90. The Hall–Kier alpha value is -1.95. The van der Waals surface area contributed by atoms with E-state index >= 15 is 0 Å². The summed E-state index contributed by atoms with van der Waals surface area (Å²) in [5.74, 6) is -0.327. The van der Waals surface area contributed by atoms with E-state index in [0.29, 0.717) is 24.2 Å². The van der Waals surface area contributed by atoms with Crippen LogP contribution in [0.1, 0.15) is 30.0 Å². The van der Waals surface area contributed by atoms with Gasteiger partial charge in [-0.2, -0.15) is 0 Å². The van der Waals surface area contributed by atoms with E-state index in [2.05, 4.69) is 15.6 Å². The number of amides is 1. The van der Waals surface area contributed by atoms with Gasteiger partial charge in [-0.25, -0.2) is 9.37 Å². The van der Waals surface area contributed by atoms with Crippen molar-refractivity contribution in [2.45, 2.75) is 25.8 Å². The van der Waals surface area contributed by atoms with Crippen molar-refractivity contribution in [2.75, 3.05) is 10.6 Å². The molecule has 1 aromatic heterocycles. The number of rotatable bonds is 3. The van der Waals surface area contributed by atoms with Gasteiger partial charge in [-0.1, -0.05) is 0 Å². The molecule has 1 amide bonds. The average Bonchev–Trinajstić information content (AvgIpc) is 2.94. The Morgan fingerprint density at radius 2 is 2.30 bits per heavy atom. The minimum Gasteiger partial charge on any atom is -0.374 e. The van der Waals surface area contributed by atoms with Gasteiger partial charge < -0.3 is 10.6 Å². The van der Waals surface area contributed by atoms with Crippen LogP contribution in [0.5, 0.6) is 0 Å². The van der Waals surface area contributed by atoms with Gasteiger partial charge >= 0.3 is 0 Å². The molecule has 0 saturated heterocycles. The zero-order valence-electron chi connectivity index (χ0n) is 10.9. The average molecular weight is 291 g/mol. The van der Waals surface area contributed by atoms with E-state index in [0.717, 1.165) is 10.6 Å². The van der Waals surface area contributed by atoms with E-state index in [9.17, 15) is 9.18 Å². The molecule has 0 aliphatic carbocycles. The van der Waals surface area contributed by atoms with Crippen molar-refractivity contribution in [3.05, 3.63) is 40.1 Å². The molecule has 1 unspecified atom stereocenters. The maximum atomic E-state index is 14.1. The molecule has 3 rings (SSSR count). The van der Waals surface area contributed by atoms with Crippen LogP contribution in [0.25, 0.3) is 0 Å². The van der Waals surface area contributed by atoms with Crippen LogP contribution in [0.15, 0.2) is 23.7 Å². The zero-order valence-corrected chi connectivity index (χ0v) is 11.8. The number of aryl methyl sites for hydroxylation is 1. The Labute approximate surface area is 120 Å². The molecule has 0 bridgehead atoms. The first-order chi connectivity index (χ1) is 9.63. The van der Waals surface area contributed by atoms with Crippen LogP contribution in [0, 0.1) is 5.82 Å². The number of nitrogens with one attached hydrogen (secondary N) is 2. The minimum absolute atomic E-state index is 0.0250. The first kappa shape index (κ1) is 13.1. The number of halogens is 1. The van der Waals surface area contributed by atoms with Gasteiger partial charge in [-0.3, -0.25) is 4.79 Å². The summed E-state index contributed by atoms with van der Waals surface area (Å²) in [4.78, 5) is 15.6. The van der Waals surface area contributed by atoms with Crippen molar-refractivity contribution in [3.63, 3.8) is 0 Å². The van der Waals surface area contributed by atoms with Crippen molar-refractivity contribution in [3.8, 4) is 0 Å². The molecule has 1 aliphatic heterocycles. The second-order valence-electron chi connectivity index (χ2n) is 4.77. The summed E-state index contributed by atoms with van der Waals surface area (Å²) in [7, 11) is 0. The lowest BCUT2D eigenvalue weighted by molar-refractivity contribution is -0.116. The predicted molar refractivity (Wildman–Crippen MR) is 77.5 cm³/mol. The Kier molecular flexibility index (Phi) is 3.40. The quantitative estimate of drug-likeness (QED) is 0.912.